The van der Waals surface area contributed by atoms with Crippen LogP contribution in [0.4, 0.5) is 10.3 Å². The molecule has 16 nitrogen and oxygen atoms in total. The minimum absolute atomic E-state index is 0.0525. The maximum atomic E-state index is 13.6. The van der Waals surface area contributed by atoms with E-state index in [4.69, 9.17) is 19.9 Å². The van der Waals surface area contributed by atoms with Crippen LogP contribution in [0.3, 0.4) is 0 Å². The molecule has 3 aromatic heterocycles. The number of aromatic nitrogens is 5. The SMILES string of the molecule is CC(=O)N[C@@H](CSc1nc2c(=O)[nH]c(N)nc2n1Cc1ccc(F)cc1)C(=O)NCCCOCCOCCOCCCCC(=O)C(=O)c1c(-c2ccccc2)[nH]c2ccccc12. The number of halogens is 1. The minimum atomic E-state index is -0.916. The standard InChI is InChI=1S/C44H49FN8O8S/c1-28(54)48-34(27-62-44-50-38-40(51-43(46)52-42(38)58)53(44)26-29-15-17-31(45)18-16-29)41(57)47-19-9-21-60-23-25-61-24-22-59-20-8-7-14-35(55)39(56)36-32-12-5-6-13-33(32)49-37(36)30-10-3-2-4-11-30/h2-6,10-13,15-18,34,49H,7-9,14,19-27H2,1H3,(H,47,57)(H,48,54)(H3,46,51,52,58)/t34-/m0/s1. The van der Waals surface area contributed by atoms with Crippen molar-refractivity contribution in [1.82, 2.24) is 35.1 Å². The minimum Gasteiger partial charge on any atom is -0.379 e. The lowest BCUT2D eigenvalue weighted by Crippen LogP contribution is -2.48. The molecule has 3 aromatic carbocycles. The van der Waals surface area contributed by atoms with Crippen LogP contribution in [0.2, 0.25) is 0 Å². The summed E-state index contributed by atoms with van der Waals surface area (Å²) in [6.07, 6.45) is 1.80. The summed E-state index contributed by atoms with van der Waals surface area (Å²) < 4.78 is 32.0. The Kier molecular flexibility index (Phi) is 16.5. The summed E-state index contributed by atoms with van der Waals surface area (Å²) in [4.78, 5) is 78.4. The highest BCUT2D eigenvalue weighted by Crippen LogP contribution is 2.31. The second kappa shape index (κ2) is 22.6. The molecule has 0 fully saturated rings. The number of unbranched alkanes of at least 4 members (excludes halogenated alkanes) is 1. The summed E-state index contributed by atoms with van der Waals surface area (Å²) in [5.41, 5.74) is 8.97. The van der Waals surface area contributed by atoms with Gasteiger partial charge in [0, 0.05) is 49.8 Å². The number of carbonyl (C=O) groups excluding carboxylic acids is 4. The van der Waals surface area contributed by atoms with E-state index < -0.39 is 40.8 Å². The maximum absolute atomic E-state index is 13.6. The molecule has 0 aliphatic heterocycles. The summed E-state index contributed by atoms with van der Waals surface area (Å²) in [6, 6.07) is 21.9. The summed E-state index contributed by atoms with van der Waals surface area (Å²) >= 11 is 1.15. The van der Waals surface area contributed by atoms with Gasteiger partial charge in [-0.3, -0.25) is 33.5 Å². The number of hydrogen-bond acceptors (Lipinski definition) is 12. The van der Waals surface area contributed by atoms with Crippen LogP contribution in [0.25, 0.3) is 33.3 Å². The van der Waals surface area contributed by atoms with Gasteiger partial charge in [0.05, 0.1) is 44.2 Å². The fraction of sp³-hybridized carbons (Fsp3) is 0.341. The number of H-pyrrole nitrogens is 2. The number of nitrogens with two attached hydrogens (primary N) is 1. The van der Waals surface area contributed by atoms with Crippen LogP contribution >= 0.6 is 11.8 Å². The Morgan fingerprint density at radius 3 is 2.24 bits per heavy atom. The van der Waals surface area contributed by atoms with Gasteiger partial charge in [-0.1, -0.05) is 72.4 Å². The summed E-state index contributed by atoms with van der Waals surface area (Å²) in [5, 5.41) is 6.57. The van der Waals surface area contributed by atoms with Crippen LogP contribution < -0.4 is 21.9 Å². The third-order valence-electron chi connectivity index (χ3n) is 9.62. The number of ketones is 2. The molecule has 6 rings (SSSR count). The highest BCUT2D eigenvalue weighted by molar-refractivity contribution is 7.99. The van der Waals surface area contributed by atoms with Crippen molar-refractivity contribution in [3.63, 3.8) is 0 Å². The highest BCUT2D eigenvalue weighted by atomic mass is 32.2. The normalized spacial score (nSPS) is 11.8. The fourth-order valence-corrected chi connectivity index (χ4v) is 7.62. The first-order valence-electron chi connectivity index (χ1n) is 20.2. The number of rotatable bonds is 25. The Labute approximate surface area is 360 Å². The van der Waals surface area contributed by atoms with E-state index in [1.807, 2.05) is 54.6 Å². The van der Waals surface area contributed by atoms with Gasteiger partial charge in [-0.2, -0.15) is 4.98 Å². The molecule has 6 N–H and O–H groups in total. The first-order chi connectivity index (χ1) is 30.1. The van der Waals surface area contributed by atoms with Crippen LogP contribution in [-0.4, -0.2) is 106 Å². The summed E-state index contributed by atoms with van der Waals surface area (Å²) in [7, 11) is 0. The van der Waals surface area contributed by atoms with E-state index in [9.17, 15) is 28.4 Å². The number of Topliss-reactive ketones (excluding diaryl/α,β-unsaturated/α-hetero) is 2. The number of thioether (sulfide) groups is 1. The molecule has 6 aromatic rings. The lowest BCUT2D eigenvalue weighted by Gasteiger charge is -2.17. The van der Waals surface area contributed by atoms with Crippen LogP contribution in [-0.2, 0) is 35.1 Å². The third-order valence-corrected chi connectivity index (χ3v) is 10.7. The van der Waals surface area contributed by atoms with E-state index in [1.165, 1.54) is 19.1 Å². The smallest absolute Gasteiger partial charge is 0.280 e. The number of aromatic amines is 2. The van der Waals surface area contributed by atoms with E-state index in [1.54, 1.807) is 16.7 Å². The quantitative estimate of drug-likeness (QED) is 0.0226. The van der Waals surface area contributed by atoms with E-state index in [0.29, 0.717) is 81.9 Å². The average Bonchev–Trinajstić information content (AvgIpc) is 3.82. The highest BCUT2D eigenvalue weighted by Gasteiger charge is 2.25. The van der Waals surface area contributed by atoms with Crippen molar-refractivity contribution in [2.45, 2.75) is 50.4 Å². The number of imidazole rings is 1. The molecule has 0 radical (unpaired) electrons. The molecule has 2 amide bonds. The molecule has 3 heterocycles. The van der Waals surface area contributed by atoms with Gasteiger partial charge in [0.2, 0.25) is 29.3 Å². The van der Waals surface area contributed by atoms with Gasteiger partial charge >= 0.3 is 0 Å². The molecule has 0 aliphatic rings. The molecule has 0 saturated carbocycles. The number of anilines is 1. The number of hydrogen-bond donors (Lipinski definition) is 5. The predicted octanol–water partition coefficient (Wildman–Crippen LogP) is 4.81. The zero-order valence-corrected chi connectivity index (χ0v) is 35.1. The second-order valence-corrected chi connectivity index (χ2v) is 15.3. The Hall–Kier alpha value is -6.21. The molecule has 0 aliphatic carbocycles. The monoisotopic (exact) mass is 868 g/mol. The van der Waals surface area contributed by atoms with E-state index in [2.05, 4.69) is 30.6 Å². The van der Waals surface area contributed by atoms with Crippen LogP contribution in [0.1, 0.15) is 48.5 Å². The van der Waals surface area contributed by atoms with Gasteiger partial charge in [0.1, 0.15) is 11.9 Å². The number of ether oxygens (including phenoxy) is 3. The molecule has 0 spiro atoms. The average molecular weight is 869 g/mol. The molecular weight excluding hydrogens is 820 g/mol. The first-order valence-corrected chi connectivity index (χ1v) is 21.2. The molecule has 0 unspecified atom stereocenters. The van der Waals surface area contributed by atoms with Crippen molar-refractivity contribution in [2.75, 3.05) is 57.7 Å². The number of amides is 2. The van der Waals surface area contributed by atoms with Crippen molar-refractivity contribution >= 4 is 63.2 Å². The molecule has 0 saturated heterocycles. The molecule has 18 heteroatoms. The van der Waals surface area contributed by atoms with Crippen molar-refractivity contribution in [3.8, 4) is 11.3 Å². The lowest BCUT2D eigenvalue weighted by atomic mass is 9.97. The molecule has 62 heavy (non-hydrogen) atoms. The number of fused-ring (bicyclic) bond motifs is 2. The number of nitrogen functional groups attached to an aromatic ring is 1. The lowest BCUT2D eigenvalue weighted by molar-refractivity contribution is -0.127. The summed E-state index contributed by atoms with van der Waals surface area (Å²) in [5.74, 6) is -2.12. The van der Waals surface area contributed by atoms with Crippen molar-refractivity contribution in [2.24, 2.45) is 0 Å². The zero-order chi connectivity index (χ0) is 43.8. The topological polar surface area (TPSA) is 225 Å². The van der Waals surface area contributed by atoms with Crippen LogP contribution in [0.15, 0.2) is 88.8 Å². The predicted molar refractivity (Wildman–Crippen MR) is 233 cm³/mol. The van der Waals surface area contributed by atoms with E-state index in [0.717, 1.165) is 33.8 Å². The van der Waals surface area contributed by atoms with Crippen LogP contribution in [0, 0.1) is 5.82 Å². The molecule has 0 bridgehead atoms. The molecular formula is C44H49FN8O8S. The number of carbonyl (C=O) groups is 4. The van der Waals surface area contributed by atoms with Crippen molar-refractivity contribution < 1.29 is 37.8 Å². The number of nitrogens with one attached hydrogen (secondary N) is 4. The largest absolute Gasteiger partial charge is 0.379 e. The number of nitrogens with zero attached hydrogens (tertiary/aromatic N) is 3. The Morgan fingerprint density at radius 1 is 0.839 bits per heavy atom. The fourth-order valence-electron chi connectivity index (χ4n) is 6.61. The Bertz CT molecular complexity index is 2530. The van der Waals surface area contributed by atoms with Crippen LogP contribution in [0.5, 0.6) is 0 Å². The van der Waals surface area contributed by atoms with E-state index in [-0.39, 0.29) is 35.8 Å². The first kappa shape index (κ1) is 45.3. The van der Waals surface area contributed by atoms with Gasteiger partial charge < -0.3 is 35.6 Å². The summed E-state index contributed by atoms with van der Waals surface area (Å²) in [6.45, 7) is 4.06. The Morgan fingerprint density at radius 2 is 1.52 bits per heavy atom. The van der Waals surface area contributed by atoms with Crippen molar-refractivity contribution in [3.05, 3.63) is 106 Å². The van der Waals surface area contributed by atoms with Gasteiger partial charge in [-0.25, -0.2) is 9.37 Å². The third kappa shape index (κ3) is 12.4. The van der Waals surface area contributed by atoms with Gasteiger partial charge in [0.15, 0.2) is 16.3 Å². The zero-order valence-electron chi connectivity index (χ0n) is 34.2. The second-order valence-electron chi connectivity index (χ2n) is 14.3. The van der Waals surface area contributed by atoms with Gasteiger partial charge in [-0.15, -0.1) is 0 Å². The Balaban J connectivity index is 0.832. The molecule has 1 atom stereocenters. The van der Waals surface area contributed by atoms with Crippen molar-refractivity contribution in [1.29, 1.82) is 0 Å². The number of para-hydroxylation sites is 1. The number of benzene rings is 3. The molecule has 326 valence electrons. The van der Waals surface area contributed by atoms with Gasteiger partial charge in [-0.05, 0) is 48.6 Å². The van der Waals surface area contributed by atoms with Gasteiger partial charge in [0.25, 0.3) is 5.56 Å². The maximum Gasteiger partial charge on any atom is 0.280 e. The van der Waals surface area contributed by atoms with E-state index >= 15 is 0 Å².